The minimum absolute atomic E-state index is 0.535. The molecule has 0 spiro atoms. The smallest absolute Gasteiger partial charge is 0.217 e. The highest BCUT2D eigenvalue weighted by atomic mass is 16.5. The highest BCUT2D eigenvalue weighted by Gasteiger charge is 2.02. The summed E-state index contributed by atoms with van der Waals surface area (Å²) in [5, 5.41) is 0. The van der Waals surface area contributed by atoms with Gasteiger partial charge in [-0.25, -0.2) is 0 Å². The van der Waals surface area contributed by atoms with Crippen LogP contribution in [0.3, 0.4) is 0 Å². The van der Waals surface area contributed by atoms with Crippen molar-refractivity contribution in [1.82, 2.24) is 4.98 Å². The van der Waals surface area contributed by atoms with E-state index in [4.69, 9.17) is 10.5 Å². The van der Waals surface area contributed by atoms with Crippen LogP contribution in [-0.2, 0) is 0 Å². The molecule has 3 nitrogen and oxygen atoms in total. The standard InChI is InChI=1S/C8H12N2O.C2H6/c1-5-4-6(2)8(11-3)10-7(5)9;1-2/h4H,1-3H3,(H2,9,10);1-2H3. The van der Waals surface area contributed by atoms with Gasteiger partial charge >= 0.3 is 0 Å². The molecule has 1 rings (SSSR count). The van der Waals surface area contributed by atoms with E-state index in [-0.39, 0.29) is 0 Å². The van der Waals surface area contributed by atoms with E-state index in [0.717, 1.165) is 11.1 Å². The summed E-state index contributed by atoms with van der Waals surface area (Å²) in [5.41, 5.74) is 7.58. The van der Waals surface area contributed by atoms with E-state index < -0.39 is 0 Å². The lowest BCUT2D eigenvalue weighted by Gasteiger charge is -2.05. The van der Waals surface area contributed by atoms with Crippen LogP contribution in [0.5, 0.6) is 5.88 Å². The van der Waals surface area contributed by atoms with Crippen molar-refractivity contribution in [2.45, 2.75) is 27.7 Å². The van der Waals surface area contributed by atoms with Gasteiger partial charge in [-0.1, -0.05) is 13.8 Å². The van der Waals surface area contributed by atoms with Gasteiger partial charge in [0.05, 0.1) is 7.11 Å². The van der Waals surface area contributed by atoms with Crippen LogP contribution in [0.25, 0.3) is 0 Å². The maximum absolute atomic E-state index is 5.57. The van der Waals surface area contributed by atoms with Gasteiger partial charge in [-0.15, -0.1) is 0 Å². The summed E-state index contributed by atoms with van der Waals surface area (Å²) in [5.74, 6) is 1.14. The Hall–Kier alpha value is -1.25. The van der Waals surface area contributed by atoms with Crippen LogP contribution in [0.1, 0.15) is 25.0 Å². The van der Waals surface area contributed by atoms with Crippen LogP contribution in [0.4, 0.5) is 5.82 Å². The summed E-state index contributed by atoms with van der Waals surface area (Å²) in [6.45, 7) is 7.87. The molecule has 0 aliphatic heterocycles. The third-order valence-corrected chi connectivity index (χ3v) is 1.59. The van der Waals surface area contributed by atoms with Gasteiger partial charge in [0.2, 0.25) is 5.88 Å². The zero-order valence-corrected chi connectivity index (χ0v) is 9.01. The van der Waals surface area contributed by atoms with E-state index in [1.54, 1.807) is 7.11 Å². The quantitative estimate of drug-likeness (QED) is 0.725. The first kappa shape index (κ1) is 11.8. The number of rotatable bonds is 1. The number of nitrogen functional groups attached to an aromatic ring is 1. The van der Waals surface area contributed by atoms with Gasteiger partial charge in [0.1, 0.15) is 5.82 Å². The van der Waals surface area contributed by atoms with Crippen molar-refractivity contribution in [3.05, 3.63) is 17.2 Å². The van der Waals surface area contributed by atoms with Gasteiger partial charge in [-0.2, -0.15) is 4.98 Å². The van der Waals surface area contributed by atoms with Crippen molar-refractivity contribution in [3.63, 3.8) is 0 Å². The third-order valence-electron chi connectivity index (χ3n) is 1.59. The van der Waals surface area contributed by atoms with Gasteiger partial charge in [0.25, 0.3) is 0 Å². The molecule has 2 N–H and O–H groups in total. The van der Waals surface area contributed by atoms with Crippen molar-refractivity contribution >= 4 is 5.82 Å². The first-order chi connectivity index (χ1) is 6.15. The molecule has 74 valence electrons. The number of anilines is 1. The summed E-state index contributed by atoms with van der Waals surface area (Å²) in [4.78, 5) is 4.05. The normalized spacial score (nSPS) is 8.69. The number of nitrogens with zero attached hydrogens (tertiary/aromatic N) is 1. The van der Waals surface area contributed by atoms with Gasteiger partial charge in [0.15, 0.2) is 0 Å². The van der Waals surface area contributed by atoms with E-state index in [0.29, 0.717) is 11.7 Å². The molecule has 1 heterocycles. The average Bonchev–Trinajstić information content (AvgIpc) is 2.15. The first-order valence-corrected chi connectivity index (χ1v) is 4.43. The molecule has 0 saturated heterocycles. The van der Waals surface area contributed by atoms with Crippen LogP contribution < -0.4 is 10.5 Å². The minimum atomic E-state index is 0.535. The van der Waals surface area contributed by atoms with Crippen LogP contribution in [-0.4, -0.2) is 12.1 Å². The molecule has 0 fully saturated rings. The topological polar surface area (TPSA) is 48.1 Å². The fraction of sp³-hybridized carbons (Fsp3) is 0.500. The van der Waals surface area contributed by atoms with Crippen LogP contribution >= 0.6 is 0 Å². The average molecular weight is 182 g/mol. The highest BCUT2D eigenvalue weighted by Crippen LogP contribution is 2.18. The van der Waals surface area contributed by atoms with Crippen LogP contribution in [0, 0.1) is 13.8 Å². The molecule has 0 aliphatic carbocycles. The lowest BCUT2D eigenvalue weighted by molar-refractivity contribution is 0.395. The van der Waals surface area contributed by atoms with Crippen molar-refractivity contribution in [2.24, 2.45) is 0 Å². The minimum Gasteiger partial charge on any atom is -0.481 e. The Morgan fingerprint density at radius 1 is 1.23 bits per heavy atom. The van der Waals surface area contributed by atoms with Crippen molar-refractivity contribution in [3.8, 4) is 5.88 Å². The van der Waals surface area contributed by atoms with E-state index in [2.05, 4.69) is 4.98 Å². The molecule has 0 amide bonds. The number of aromatic nitrogens is 1. The lowest BCUT2D eigenvalue weighted by Crippen LogP contribution is -1.98. The van der Waals surface area contributed by atoms with Crippen molar-refractivity contribution < 1.29 is 4.74 Å². The largest absolute Gasteiger partial charge is 0.481 e. The number of hydrogen-bond acceptors (Lipinski definition) is 3. The molecule has 0 bridgehead atoms. The predicted octanol–water partition coefficient (Wildman–Crippen LogP) is 2.32. The Labute approximate surface area is 79.9 Å². The SMILES string of the molecule is CC.COc1nc(N)c(C)cc1C. The fourth-order valence-electron chi connectivity index (χ4n) is 0.953. The molecule has 0 saturated carbocycles. The third kappa shape index (κ3) is 2.93. The second-order valence-electron chi connectivity index (χ2n) is 2.52. The first-order valence-electron chi connectivity index (χ1n) is 4.43. The monoisotopic (exact) mass is 182 g/mol. The summed E-state index contributed by atoms with van der Waals surface area (Å²) in [6, 6.07) is 1.96. The fourth-order valence-corrected chi connectivity index (χ4v) is 0.953. The van der Waals surface area contributed by atoms with Crippen molar-refractivity contribution in [2.75, 3.05) is 12.8 Å². The molecule has 0 aromatic carbocycles. The van der Waals surface area contributed by atoms with Gasteiger partial charge in [-0.05, 0) is 25.5 Å². The zero-order chi connectivity index (χ0) is 10.4. The Kier molecular flexibility index (Phi) is 4.89. The molecule has 1 aromatic rings. The predicted molar refractivity (Wildman–Crippen MR) is 56.0 cm³/mol. The second-order valence-corrected chi connectivity index (χ2v) is 2.52. The molecule has 0 aliphatic rings. The summed E-state index contributed by atoms with van der Waals surface area (Å²) < 4.78 is 4.99. The lowest BCUT2D eigenvalue weighted by atomic mass is 10.2. The maximum atomic E-state index is 5.57. The number of ether oxygens (including phenoxy) is 1. The number of methoxy groups -OCH3 is 1. The van der Waals surface area contributed by atoms with Crippen LogP contribution in [0.2, 0.25) is 0 Å². The molecule has 0 atom stereocenters. The Morgan fingerprint density at radius 3 is 2.23 bits per heavy atom. The van der Waals surface area contributed by atoms with Gasteiger partial charge in [-0.3, -0.25) is 0 Å². The van der Waals surface area contributed by atoms with E-state index in [9.17, 15) is 0 Å². The van der Waals surface area contributed by atoms with E-state index >= 15 is 0 Å². The molecule has 3 heteroatoms. The molecule has 13 heavy (non-hydrogen) atoms. The van der Waals surface area contributed by atoms with E-state index in [1.807, 2.05) is 33.8 Å². The molecule has 1 aromatic heterocycles. The summed E-state index contributed by atoms with van der Waals surface area (Å²) >= 11 is 0. The number of hydrogen-bond donors (Lipinski definition) is 1. The number of nitrogens with two attached hydrogens (primary N) is 1. The van der Waals surface area contributed by atoms with Crippen LogP contribution in [0.15, 0.2) is 6.07 Å². The van der Waals surface area contributed by atoms with Gasteiger partial charge in [0, 0.05) is 5.56 Å². The number of pyridine rings is 1. The summed E-state index contributed by atoms with van der Waals surface area (Å²) in [7, 11) is 1.59. The summed E-state index contributed by atoms with van der Waals surface area (Å²) in [6.07, 6.45) is 0. The Bertz CT molecular complexity index is 272. The highest BCUT2D eigenvalue weighted by molar-refractivity contribution is 5.44. The zero-order valence-electron chi connectivity index (χ0n) is 9.01. The Balaban J connectivity index is 0.000000671. The van der Waals surface area contributed by atoms with Crippen molar-refractivity contribution in [1.29, 1.82) is 0 Å². The van der Waals surface area contributed by atoms with Gasteiger partial charge < -0.3 is 10.5 Å². The molecular weight excluding hydrogens is 164 g/mol. The molecular formula is C10H18N2O. The molecule has 0 radical (unpaired) electrons. The second kappa shape index (κ2) is 5.41. The Morgan fingerprint density at radius 2 is 1.77 bits per heavy atom. The molecule has 0 unspecified atom stereocenters. The maximum Gasteiger partial charge on any atom is 0.217 e. The van der Waals surface area contributed by atoms with E-state index in [1.165, 1.54) is 0 Å². The number of aryl methyl sites for hydroxylation is 2.